The number of nitrogens with zero attached hydrogens (tertiary/aromatic N) is 1. The van der Waals surface area contributed by atoms with E-state index in [9.17, 15) is 9.90 Å². The van der Waals surface area contributed by atoms with Gasteiger partial charge in [-0.1, -0.05) is 29.8 Å². The lowest BCUT2D eigenvalue weighted by Crippen LogP contribution is -2.17. The van der Waals surface area contributed by atoms with Crippen LogP contribution in [0.2, 0.25) is 5.02 Å². The van der Waals surface area contributed by atoms with E-state index in [1.54, 1.807) is 18.2 Å². The Morgan fingerprint density at radius 3 is 2.59 bits per heavy atom. The Labute approximate surface area is 198 Å². The predicted molar refractivity (Wildman–Crippen MR) is 126 cm³/mol. The van der Waals surface area contributed by atoms with Gasteiger partial charge >= 0.3 is 0 Å². The summed E-state index contributed by atoms with van der Waals surface area (Å²) in [4.78, 5) is 12.3. The second-order valence-corrected chi connectivity index (χ2v) is 7.76. The largest absolute Gasteiger partial charge is 0.504 e. The van der Waals surface area contributed by atoms with Gasteiger partial charge in [0.25, 0.3) is 5.91 Å². The van der Waals surface area contributed by atoms with Gasteiger partial charge in [0.1, 0.15) is 6.61 Å². The Morgan fingerprint density at radius 2 is 1.88 bits per heavy atom. The molecule has 0 spiro atoms. The minimum Gasteiger partial charge on any atom is -0.504 e. The highest BCUT2D eigenvalue weighted by molar-refractivity contribution is 9.10. The maximum absolute atomic E-state index is 12.3. The van der Waals surface area contributed by atoms with Crippen molar-refractivity contribution in [2.45, 2.75) is 6.61 Å². The number of ether oxygens (including phenoxy) is 3. The highest BCUT2D eigenvalue weighted by Gasteiger charge is 2.13. The first kappa shape index (κ1) is 23.4. The molecule has 2 N–H and O–H groups in total. The Balaban J connectivity index is 1.70. The van der Waals surface area contributed by atoms with Crippen LogP contribution < -0.4 is 19.6 Å². The molecule has 166 valence electrons. The van der Waals surface area contributed by atoms with Crippen molar-refractivity contribution in [3.8, 4) is 23.0 Å². The summed E-state index contributed by atoms with van der Waals surface area (Å²) < 4.78 is 17.0. The van der Waals surface area contributed by atoms with Gasteiger partial charge in [0, 0.05) is 16.1 Å². The molecular formula is C23H20BrClN2O5. The molecule has 0 saturated heterocycles. The summed E-state index contributed by atoms with van der Waals surface area (Å²) in [5.41, 5.74) is 4.24. The molecule has 0 unspecified atom stereocenters. The number of hydrogen-bond acceptors (Lipinski definition) is 6. The zero-order valence-electron chi connectivity index (χ0n) is 17.3. The average Bonchev–Trinajstić information content (AvgIpc) is 2.79. The van der Waals surface area contributed by atoms with Crippen LogP contribution in [-0.4, -0.2) is 31.4 Å². The summed E-state index contributed by atoms with van der Waals surface area (Å²) in [6.07, 6.45) is 1.47. The molecule has 0 aliphatic carbocycles. The van der Waals surface area contributed by atoms with Crippen LogP contribution in [0.5, 0.6) is 23.0 Å². The third kappa shape index (κ3) is 5.72. The third-order valence-corrected chi connectivity index (χ3v) is 5.36. The van der Waals surface area contributed by atoms with E-state index in [-0.39, 0.29) is 18.1 Å². The molecule has 0 radical (unpaired) electrons. The van der Waals surface area contributed by atoms with Gasteiger partial charge in [-0.25, -0.2) is 5.43 Å². The van der Waals surface area contributed by atoms with Gasteiger partial charge in [-0.3, -0.25) is 4.79 Å². The lowest BCUT2D eigenvalue weighted by atomic mass is 10.2. The smallest absolute Gasteiger partial charge is 0.271 e. The number of rotatable bonds is 8. The van der Waals surface area contributed by atoms with Gasteiger partial charge in [-0.05, 0) is 57.9 Å². The van der Waals surface area contributed by atoms with Gasteiger partial charge < -0.3 is 19.3 Å². The van der Waals surface area contributed by atoms with Crippen LogP contribution in [0, 0.1) is 0 Å². The Morgan fingerprint density at radius 1 is 1.12 bits per heavy atom. The SMILES string of the molecule is COc1cc(C(=O)N/N=C\c2cc(Br)c(OCc3ccccc3Cl)c(OC)c2)ccc1O. The first-order chi connectivity index (χ1) is 15.4. The molecular weight excluding hydrogens is 500 g/mol. The number of halogens is 2. The van der Waals surface area contributed by atoms with E-state index in [0.29, 0.717) is 32.1 Å². The maximum atomic E-state index is 12.3. The second-order valence-electron chi connectivity index (χ2n) is 6.50. The Hall–Kier alpha value is -3.23. The Bertz CT molecular complexity index is 1150. The fraction of sp³-hybridized carbons (Fsp3) is 0.130. The van der Waals surface area contributed by atoms with Crippen LogP contribution in [0.15, 0.2) is 64.2 Å². The molecule has 3 aromatic carbocycles. The summed E-state index contributed by atoms with van der Waals surface area (Å²) in [5.74, 6) is 0.696. The fourth-order valence-corrected chi connectivity index (χ4v) is 3.53. The van der Waals surface area contributed by atoms with Gasteiger partial charge in [-0.2, -0.15) is 5.10 Å². The van der Waals surface area contributed by atoms with Crippen LogP contribution in [0.4, 0.5) is 0 Å². The summed E-state index contributed by atoms with van der Waals surface area (Å²) in [5, 5.41) is 14.2. The number of amides is 1. The van der Waals surface area contributed by atoms with Crippen molar-refractivity contribution in [3.05, 3.63) is 80.8 Å². The third-order valence-electron chi connectivity index (χ3n) is 4.40. The summed E-state index contributed by atoms with van der Waals surface area (Å²) in [6, 6.07) is 15.2. The van der Waals surface area contributed by atoms with E-state index in [1.807, 2.05) is 18.2 Å². The Kier molecular flexibility index (Phi) is 7.97. The first-order valence-electron chi connectivity index (χ1n) is 9.37. The summed E-state index contributed by atoms with van der Waals surface area (Å²) in [6.45, 7) is 0.272. The molecule has 0 aliphatic heterocycles. The molecule has 7 nitrogen and oxygen atoms in total. The monoisotopic (exact) mass is 518 g/mol. The highest BCUT2D eigenvalue weighted by Crippen LogP contribution is 2.37. The number of aromatic hydroxyl groups is 1. The highest BCUT2D eigenvalue weighted by atomic mass is 79.9. The molecule has 0 aromatic heterocycles. The fourth-order valence-electron chi connectivity index (χ4n) is 2.77. The van der Waals surface area contributed by atoms with Gasteiger partial charge in [-0.15, -0.1) is 0 Å². The molecule has 0 bridgehead atoms. The zero-order chi connectivity index (χ0) is 23.1. The summed E-state index contributed by atoms with van der Waals surface area (Å²) >= 11 is 9.67. The van der Waals surface area contributed by atoms with Crippen molar-refractivity contribution in [2.75, 3.05) is 14.2 Å². The second kappa shape index (κ2) is 10.9. The number of carbonyl (C=O) groups is 1. The van der Waals surface area contributed by atoms with E-state index in [4.69, 9.17) is 25.8 Å². The normalized spacial score (nSPS) is 10.8. The minimum absolute atomic E-state index is 0.0543. The maximum Gasteiger partial charge on any atom is 0.271 e. The molecule has 3 rings (SSSR count). The molecule has 0 aliphatic rings. The van der Waals surface area contributed by atoms with E-state index in [1.165, 1.54) is 38.6 Å². The van der Waals surface area contributed by atoms with Crippen LogP contribution in [0.3, 0.4) is 0 Å². The number of carbonyl (C=O) groups excluding carboxylic acids is 1. The molecule has 3 aromatic rings. The number of nitrogens with one attached hydrogen (secondary N) is 1. The van der Waals surface area contributed by atoms with Crippen LogP contribution in [0.25, 0.3) is 0 Å². The van der Waals surface area contributed by atoms with Crippen LogP contribution in [0.1, 0.15) is 21.5 Å². The molecule has 32 heavy (non-hydrogen) atoms. The molecule has 9 heteroatoms. The zero-order valence-corrected chi connectivity index (χ0v) is 19.6. The first-order valence-corrected chi connectivity index (χ1v) is 10.5. The van der Waals surface area contributed by atoms with Gasteiger partial charge in [0.2, 0.25) is 0 Å². The average molecular weight is 520 g/mol. The number of benzene rings is 3. The lowest BCUT2D eigenvalue weighted by Gasteiger charge is -2.14. The van der Waals surface area contributed by atoms with Crippen molar-refractivity contribution < 1.29 is 24.1 Å². The topological polar surface area (TPSA) is 89.4 Å². The minimum atomic E-state index is -0.453. The number of hydrogen-bond donors (Lipinski definition) is 2. The quantitative estimate of drug-likeness (QED) is 0.317. The van der Waals surface area contributed by atoms with Gasteiger partial charge in [0.05, 0.1) is 24.9 Å². The van der Waals surface area contributed by atoms with Crippen LogP contribution in [-0.2, 0) is 6.61 Å². The van der Waals surface area contributed by atoms with Crippen molar-refractivity contribution >= 4 is 39.7 Å². The van der Waals surface area contributed by atoms with E-state index >= 15 is 0 Å². The molecule has 0 saturated carbocycles. The van der Waals surface area contributed by atoms with Crippen molar-refractivity contribution in [3.63, 3.8) is 0 Å². The number of methoxy groups -OCH3 is 2. The van der Waals surface area contributed by atoms with Crippen molar-refractivity contribution in [1.82, 2.24) is 5.43 Å². The molecule has 0 atom stereocenters. The van der Waals surface area contributed by atoms with E-state index in [2.05, 4.69) is 26.5 Å². The number of phenolic OH excluding ortho intramolecular Hbond substituents is 1. The van der Waals surface area contributed by atoms with Crippen molar-refractivity contribution in [2.24, 2.45) is 5.10 Å². The molecule has 0 heterocycles. The summed E-state index contributed by atoms with van der Waals surface area (Å²) in [7, 11) is 2.94. The number of hydrazone groups is 1. The van der Waals surface area contributed by atoms with E-state index in [0.717, 1.165) is 5.56 Å². The molecule has 1 amide bonds. The van der Waals surface area contributed by atoms with Crippen LogP contribution >= 0.6 is 27.5 Å². The lowest BCUT2D eigenvalue weighted by molar-refractivity contribution is 0.0954. The standard InChI is InChI=1S/C23H20BrClN2O5/c1-30-20-11-15(7-8-19(20)28)23(29)27-26-12-14-9-17(24)22(21(10-14)31-2)32-13-16-5-3-4-6-18(16)25/h3-12,28H,13H2,1-2H3,(H,27,29)/b26-12-. The van der Waals surface area contributed by atoms with Gasteiger partial charge in [0.15, 0.2) is 23.0 Å². The predicted octanol–water partition coefficient (Wildman–Crippen LogP) is 5.17. The van der Waals surface area contributed by atoms with E-state index < -0.39 is 5.91 Å². The van der Waals surface area contributed by atoms with Crippen molar-refractivity contribution in [1.29, 1.82) is 0 Å². The molecule has 0 fully saturated rings. The number of phenols is 1.